The Morgan fingerprint density at radius 3 is 2.70 bits per heavy atom. The summed E-state index contributed by atoms with van der Waals surface area (Å²) in [6.45, 7) is 7.23. The first-order valence-corrected chi connectivity index (χ1v) is 6.80. The molecule has 0 aliphatic carbocycles. The van der Waals surface area contributed by atoms with Crippen molar-refractivity contribution in [3.8, 4) is 5.75 Å². The molecule has 0 bridgehead atoms. The number of hydrogen-bond donors (Lipinski definition) is 0. The van der Waals surface area contributed by atoms with Crippen LogP contribution in [0.2, 0.25) is 0 Å². The van der Waals surface area contributed by atoms with Crippen molar-refractivity contribution in [2.24, 2.45) is 0 Å². The van der Waals surface area contributed by atoms with Gasteiger partial charge in [0.2, 0.25) is 0 Å². The number of esters is 1. The first-order chi connectivity index (χ1) is 9.54. The zero-order valence-electron chi connectivity index (χ0n) is 12.3. The van der Waals surface area contributed by atoms with Crippen molar-refractivity contribution in [3.05, 3.63) is 17.5 Å². The number of rotatable bonds is 4. The van der Waals surface area contributed by atoms with E-state index in [0.29, 0.717) is 30.1 Å². The van der Waals surface area contributed by atoms with Crippen LogP contribution in [0, 0.1) is 0 Å². The summed E-state index contributed by atoms with van der Waals surface area (Å²) in [5, 5.41) is 0. The second kappa shape index (κ2) is 5.56. The maximum Gasteiger partial charge on any atom is 0.343 e. The number of carbonyl (C=O) groups excluding carboxylic acids is 2. The average Bonchev–Trinajstić information content (AvgIpc) is 2.83. The van der Waals surface area contributed by atoms with E-state index in [1.165, 1.54) is 7.11 Å². The van der Waals surface area contributed by atoms with Crippen molar-refractivity contribution in [3.63, 3.8) is 0 Å². The highest BCUT2D eigenvalue weighted by atomic mass is 16.5. The number of amides is 1. The van der Waals surface area contributed by atoms with Gasteiger partial charge in [-0.2, -0.15) is 0 Å². The highest BCUT2D eigenvalue weighted by Gasteiger charge is 2.35. The summed E-state index contributed by atoms with van der Waals surface area (Å²) >= 11 is 0. The van der Waals surface area contributed by atoms with Crippen LogP contribution in [0.5, 0.6) is 5.75 Å². The minimum atomic E-state index is -0.464. The molecule has 6 heteroatoms. The van der Waals surface area contributed by atoms with Crippen LogP contribution in [0.25, 0.3) is 0 Å². The monoisotopic (exact) mass is 280 g/mol. The Labute approximate surface area is 118 Å². The molecule has 0 unspecified atom stereocenters. The van der Waals surface area contributed by atoms with E-state index in [2.05, 4.69) is 0 Å². The number of fused-ring (bicyclic) bond motifs is 1. The van der Waals surface area contributed by atoms with Gasteiger partial charge in [-0.15, -0.1) is 0 Å². The molecule has 1 aliphatic heterocycles. The first-order valence-electron chi connectivity index (χ1n) is 6.80. The Morgan fingerprint density at radius 1 is 1.45 bits per heavy atom. The van der Waals surface area contributed by atoms with Crippen molar-refractivity contribution >= 4 is 11.9 Å². The molecule has 0 aromatic carbocycles. The average molecular weight is 280 g/mol. The quantitative estimate of drug-likeness (QED) is 0.788. The lowest BCUT2D eigenvalue weighted by Crippen LogP contribution is -2.41. The van der Waals surface area contributed by atoms with Gasteiger partial charge in [0, 0.05) is 25.3 Å². The van der Waals surface area contributed by atoms with Gasteiger partial charge in [-0.1, -0.05) is 0 Å². The first kappa shape index (κ1) is 14.4. The fourth-order valence-corrected chi connectivity index (χ4v) is 2.54. The third-order valence-electron chi connectivity index (χ3n) is 3.52. The van der Waals surface area contributed by atoms with E-state index < -0.39 is 5.97 Å². The lowest BCUT2D eigenvalue weighted by molar-refractivity contribution is 0.0523. The summed E-state index contributed by atoms with van der Waals surface area (Å²) in [4.78, 5) is 26.2. The van der Waals surface area contributed by atoms with Crippen LogP contribution in [-0.4, -0.2) is 48.1 Å². The molecule has 0 N–H and O–H groups in total. The molecular formula is C14H20N2O4. The van der Waals surface area contributed by atoms with E-state index in [1.807, 2.05) is 13.8 Å². The molecule has 1 aromatic rings. The van der Waals surface area contributed by atoms with Crippen molar-refractivity contribution in [1.82, 2.24) is 9.47 Å². The molecule has 6 nitrogen and oxygen atoms in total. The summed E-state index contributed by atoms with van der Waals surface area (Å²) < 4.78 is 12.1. The molecule has 1 amide bonds. The molecule has 1 aliphatic rings. The third kappa shape index (κ3) is 2.15. The summed E-state index contributed by atoms with van der Waals surface area (Å²) in [5.74, 6) is -0.272. The van der Waals surface area contributed by atoms with Crippen LogP contribution in [0.3, 0.4) is 0 Å². The van der Waals surface area contributed by atoms with Crippen LogP contribution in [0.4, 0.5) is 0 Å². The Bertz CT molecular complexity index is 536. The van der Waals surface area contributed by atoms with Gasteiger partial charge in [0.15, 0.2) is 11.4 Å². The molecule has 110 valence electrons. The number of ether oxygens (including phenoxy) is 2. The standard InChI is InChI=1S/C14H20N2O4/c1-5-15-7-9(3)16-8-10(14(18)20-6-2)12(19-4)11(16)13(15)17/h8-9H,5-7H2,1-4H3/t9-/m0/s1. The van der Waals surface area contributed by atoms with Gasteiger partial charge in [-0.25, -0.2) is 4.79 Å². The van der Waals surface area contributed by atoms with Crippen LogP contribution in [-0.2, 0) is 4.74 Å². The van der Waals surface area contributed by atoms with E-state index >= 15 is 0 Å². The summed E-state index contributed by atoms with van der Waals surface area (Å²) in [7, 11) is 1.46. The van der Waals surface area contributed by atoms with E-state index in [9.17, 15) is 9.59 Å². The molecular weight excluding hydrogens is 260 g/mol. The molecule has 2 heterocycles. The largest absolute Gasteiger partial charge is 0.493 e. The Balaban J connectivity index is 2.53. The molecule has 0 saturated carbocycles. The summed E-state index contributed by atoms with van der Waals surface area (Å²) in [6, 6.07) is 0.0970. The molecule has 0 fully saturated rings. The van der Waals surface area contributed by atoms with Gasteiger partial charge in [0.1, 0.15) is 5.56 Å². The lowest BCUT2D eigenvalue weighted by Gasteiger charge is -2.32. The van der Waals surface area contributed by atoms with Crippen molar-refractivity contribution in [1.29, 1.82) is 0 Å². The molecule has 1 atom stereocenters. The van der Waals surface area contributed by atoms with E-state index in [1.54, 1.807) is 22.6 Å². The lowest BCUT2D eigenvalue weighted by atomic mass is 10.2. The van der Waals surface area contributed by atoms with Gasteiger partial charge in [0.05, 0.1) is 13.7 Å². The maximum atomic E-state index is 12.4. The van der Waals surface area contributed by atoms with Crippen LogP contribution >= 0.6 is 0 Å². The number of hydrogen-bond acceptors (Lipinski definition) is 4. The fourth-order valence-electron chi connectivity index (χ4n) is 2.54. The van der Waals surface area contributed by atoms with Gasteiger partial charge in [-0.05, 0) is 20.8 Å². The molecule has 2 rings (SSSR count). The maximum absolute atomic E-state index is 12.4. The highest BCUT2D eigenvalue weighted by Crippen LogP contribution is 2.33. The van der Waals surface area contributed by atoms with Crippen LogP contribution < -0.4 is 4.74 Å². The SMILES string of the molecule is CCOC(=O)c1cn2c(c1OC)C(=O)N(CC)C[C@@H]2C. The van der Waals surface area contributed by atoms with Gasteiger partial charge < -0.3 is 18.9 Å². The Morgan fingerprint density at radius 2 is 2.15 bits per heavy atom. The predicted octanol–water partition coefficient (Wildman–Crippen LogP) is 1.71. The second-order valence-corrected chi connectivity index (χ2v) is 4.75. The molecule has 0 radical (unpaired) electrons. The van der Waals surface area contributed by atoms with E-state index in [0.717, 1.165) is 0 Å². The second-order valence-electron chi connectivity index (χ2n) is 4.75. The number of aromatic nitrogens is 1. The zero-order valence-corrected chi connectivity index (χ0v) is 12.3. The Kier molecular flexibility index (Phi) is 4.01. The van der Waals surface area contributed by atoms with Crippen molar-refractivity contribution < 1.29 is 19.1 Å². The van der Waals surface area contributed by atoms with Crippen molar-refractivity contribution in [2.45, 2.75) is 26.8 Å². The number of likely N-dealkylation sites (N-methyl/N-ethyl adjacent to an activating group) is 1. The summed E-state index contributed by atoms with van der Waals surface area (Å²) in [6.07, 6.45) is 1.65. The third-order valence-corrected chi connectivity index (χ3v) is 3.52. The minimum absolute atomic E-state index is 0.0970. The van der Waals surface area contributed by atoms with Crippen LogP contribution in [0.15, 0.2) is 6.20 Å². The number of methoxy groups -OCH3 is 1. The topological polar surface area (TPSA) is 60.8 Å². The Hall–Kier alpha value is -1.98. The van der Waals surface area contributed by atoms with Crippen LogP contribution in [0.1, 0.15) is 47.7 Å². The van der Waals surface area contributed by atoms with Gasteiger partial charge in [-0.3, -0.25) is 4.79 Å². The minimum Gasteiger partial charge on any atom is -0.493 e. The highest BCUT2D eigenvalue weighted by molar-refractivity contribution is 6.02. The smallest absolute Gasteiger partial charge is 0.343 e. The predicted molar refractivity (Wildman–Crippen MR) is 73.2 cm³/mol. The normalized spacial score (nSPS) is 17.9. The number of carbonyl (C=O) groups is 2. The molecule has 20 heavy (non-hydrogen) atoms. The molecule has 0 spiro atoms. The van der Waals surface area contributed by atoms with E-state index in [4.69, 9.17) is 9.47 Å². The fraction of sp³-hybridized carbons (Fsp3) is 0.571. The van der Waals surface area contributed by atoms with Gasteiger partial charge >= 0.3 is 5.97 Å². The number of nitrogens with zero attached hydrogens (tertiary/aromatic N) is 2. The molecule has 1 aromatic heterocycles. The summed E-state index contributed by atoms with van der Waals surface area (Å²) in [5.41, 5.74) is 0.735. The van der Waals surface area contributed by atoms with Gasteiger partial charge in [0.25, 0.3) is 5.91 Å². The zero-order chi connectivity index (χ0) is 14.9. The molecule has 0 saturated heterocycles. The van der Waals surface area contributed by atoms with E-state index in [-0.39, 0.29) is 18.6 Å². The van der Waals surface area contributed by atoms with Crippen molar-refractivity contribution in [2.75, 3.05) is 26.8 Å².